The number of amides is 2. The van der Waals surface area contributed by atoms with Crippen LogP contribution in [0.4, 0.5) is 4.79 Å². The number of primary amides is 1. The van der Waals surface area contributed by atoms with Gasteiger partial charge in [0.1, 0.15) is 0 Å². The summed E-state index contributed by atoms with van der Waals surface area (Å²) >= 11 is 0. The number of hydrogen-bond acceptors (Lipinski definition) is 3. The van der Waals surface area contributed by atoms with Gasteiger partial charge >= 0.3 is 6.03 Å². The number of rotatable bonds is 1. The molecule has 0 atom stereocenters. The normalized spacial score (nSPS) is 25.5. The first-order valence-electron chi connectivity index (χ1n) is 5.76. The van der Waals surface area contributed by atoms with Crippen LogP contribution in [0.3, 0.4) is 0 Å². The SMILES string of the molecule is NC(=O)N1CCN(C2CCNCC2)CC1. The fourth-order valence-corrected chi connectivity index (χ4v) is 2.48. The summed E-state index contributed by atoms with van der Waals surface area (Å²) in [5, 5.41) is 3.37. The highest BCUT2D eigenvalue weighted by molar-refractivity contribution is 5.72. The van der Waals surface area contributed by atoms with Crippen LogP contribution in [0.15, 0.2) is 0 Å². The molecule has 2 amide bonds. The molecular formula is C10H20N4O. The van der Waals surface area contributed by atoms with Crippen LogP contribution >= 0.6 is 0 Å². The van der Waals surface area contributed by atoms with Gasteiger partial charge in [-0.25, -0.2) is 4.79 Å². The van der Waals surface area contributed by atoms with E-state index in [1.807, 2.05) is 0 Å². The van der Waals surface area contributed by atoms with Crippen molar-refractivity contribution in [2.75, 3.05) is 39.3 Å². The van der Waals surface area contributed by atoms with Crippen LogP contribution in [-0.4, -0.2) is 61.1 Å². The number of piperazine rings is 1. The van der Waals surface area contributed by atoms with Crippen LogP contribution in [0.25, 0.3) is 0 Å². The van der Waals surface area contributed by atoms with Gasteiger partial charge < -0.3 is 16.0 Å². The first kappa shape index (κ1) is 10.7. The highest BCUT2D eigenvalue weighted by Gasteiger charge is 2.25. The number of nitrogens with two attached hydrogens (primary N) is 1. The Bertz CT molecular complexity index is 219. The van der Waals surface area contributed by atoms with E-state index in [0.717, 1.165) is 39.3 Å². The van der Waals surface area contributed by atoms with E-state index in [0.29, 0.717) is 6.04 Å². The van der Waals surface area contributed by atoms with Gasteiger partial charge in [0, 0.05) is 32.2 Å². The molecule has 0 spiro atoms. The van der Waals surface area contributed by atoms with Gasteiger partial charge in [0.2, 0.25) is 0 Å². The van der Waals surface area contributed by atoms with E-state index in [1.165, 1.54) is 12.8 Å². The van der Waals surface area contributed by atoms with Gasteiger partial charge in [-0.05, 0) is 25.9 Å². The van der Waals surface area contributed by atoms with Crippen LogP contribution in [0, 0.1) is 0 Å². The van der Waals surface area contributed by atoms with Gasteiger partial charge in [-0.15, -0.1) is 0 Å². The van der Waals surface area contributed by atoms with E-state index in [9.17, 15) is 4.79 Å². The fraction of sp³-hybridized carbons (Fsp3) is 0.900. The van der Waals surface area contributed by atoms with E-state index in [1.54, 1.807) is 4.90 Å². The second-order valence-electron chi connectivity index (χ2n) is 4.34. The first-order chi connectivity index (χ1) is 7.27. The Morgan fingerprint density at radius 2 is 1.73 bits per heavy atom. The smallest absolute Gasteiger partial charge is 0.314 e. The van der Waals surface area contributed by atoms with Crippen LogP contribution < -0.4 is 11.1 Å². The van der Waals surface area contributed by atoms with Crippen LogP contribution in [-0.2, 0) is 0 Å². The Morgan fingerprint density at radius 1 is 1.13 bits per heavy atom. The lowest BCUT2D eigenvalue weighted by molar-refractivity contribution is 0.0963. The van der Waals surface area contributed by atoms with Crippen molar-refractivity contribution in [3.63, 3.8) is 0 Å². The van der Waals surface area contributed by atoms with Crippen molar-refractivity contribution >= 4 is 6.03 Å². The Balaban J connectivity index is 1.79. The topological polar surface area (TPSA) is 61.6 Å². The molecule has 5 heteroatoms. The molecule has 2 heterocycles. The lowest BCUT2D eigenvalue weighted by Crippen LogP contribution is -2.54. The van der Waals surface area contributed by atoms with Gasteiger partial charge in [0.25, 0.3) is 0 Å². The summed E-state index contributed by atoms with van der Waals surface area (Å²) in [4.78, 5) is 15.2. The molecule has 0 aromatic heterocycles. The number of nitrogens with zero attached hydrogens (tertiary/aromatic N) is 2. The molecule has 0 aromatic carbocycles. The molecule has 2 saturated heterocycles. The quantitative estimate of drug-likeness (QED) is 0.612. The molecular weight excluding hydrogens is 192 g/mol. The molecule has 0 aromatic rings. The average Bonchev–Trinajstić information content (AvgIpc) is 2.30. The number of nitrogens with one attached hydrogen (secondary N) is 1. The minimum atomic E-state index is -0.278. The van der Waals surface area contributed by atoms with Crippen molar-refractivity contribution in [1.29, 1.82) is 0 Å². The van der Waals surface area contributed by atoms with Gasteiger partial charge in [-0.3, -0.25) is 4.90 Å². The van der Waals surface area contributed by atoms with Gasteiger partial charge in [-0.1, -0.05) is 0 Å². The third kappa shape index (κ3) is 2.60. The summed E-state index contributed by atoms with van der Waals surface area (Å²) in [6.07, 6.45) is 2.47. The molecule has 15 heavy (non-hydrogen) atoms. The minimum Gasteiger partial charge on any atom is -0.351 e. The van der Waals surface area contributed by atoms with Crippen molar-refractivity contribution in [2.45, 2.75) is 18.9 Å². The standard InChI is InChI=1S/C10H20N4O/c11-10(15)14-7-5-13(6-8-14)9-1-3-12-4-2-9/h9,12H,1-8H2,(H2,11,15). The maximum Gasteiger partial charge on any atom is 0.314 e. The molecule has 5 nitrogen and oxygen atoms in total. The summed E-state index contributed by atoms with van der Waals surface area (Å²) in [6.45, 7) is 5.79. The second kappa shape index (κ2) is 4.81. The number of carbonyl (C=O) groups excluding carboxylic acids is 1. The highest BCUT2D eigenvalue weighted by atomic mass is 16.2. The molecule has 3 N–H and O–H groups in total. The lowest BCUT2D eigenvalue weighted by Gasteiger charge is -2.40. The molecule has 0 radical (unpaired) electrons. The summed E-state index contributed by atoms with van der Waals surface area (Å²) in [5.74, 6) is 0. The van der Waals surface area contributed by atoms with E-state index in [-0.39, 0.29) is 6.03 Å². The zero-order chi connectivity index (χ0) is 10.7. The number of carbonyl (C=O) groups is 1. The predicted molar refractivity (Wildman–Crippen MR) is 58.6 cm³/mol. The van der Waals surface area contributed by atoms with Crippen LogP contribution in [0.1, 0.15) is 12.8 Å². The van der Waals surface area contributed by atoms with Gasteiger partial charge in [0.15, 0.2) is 0 Å². The molecule has 2 rings (SSSR count). The van der Waals surface area contributed by atoms with Crippen molar-refractivity contribution in [1.82, 2.24) is 15.1 Å². The van der Waals surface area contributed by atoms with Crippen molar-refractivity contribution in [3.05, 3.63) is 0 Å². The largest absolute Gasteiger partial charge is 0.351 e. The molecule has 0 bridgehead atoms. The Hall–Kier alpha value is -0.810. The molecule has 0 saturated carbocycles. The third-order valence-corrected chi connectivity index (χ3v) is 3.45. The predicted octanol–water partition coefficient (Wildman–Crippen LogP) is -0.565. The minimum absolute atomic E-state index is 0.278. The summed E-state index contributed by atoms with van der Waals surface area (Å²) in [6, 6.07) is 0.432. The van der Waals surface area contributed by atoms with E-state index in [4.69, 9.17) is 5.73 Å². The molecule has 2 aliphatic rings. The van der Waals surface area contributed by atoms with Gasteiger partial charge in [0.05, 0.1) is 0 Å². The summed E-state index contributed by atoms with van der Waals surface area (Å²) < 4.78 is 0. The van der Waals surface area contributed by atoms with Gasteiger partial charge in [-0.2, -0.15) is 0 Å². The van der Waals surface area contributed by atoms with Crippen molar-refractivity contribution < 1.29 is 4.79 Å². The molecule has 0 aliphatic carbocycles. The number of piperidine rings is 1. The number of hydrogen-bond donors (Lipinski definition) is 2. The first-order valence-corrected chi connectivity index (χ1v) is 5.76. The highest BCUT2D eigenvalue weighted by Crippen LogP contribution is 2.14. The Morgan fingerprint density at radius 3 is 2.27 bits per heavy atom. The van der Waals surface area contributed by atoms with E-state index < -0.39 is 0 Å². The molecule has 2 fully saturated rings. The fourth-order valence-electron chi connectivity index (χ4n) is 2.48. The average molecular weight is 212 g/mol. The molecule has 0 unspecified atom stereocenters. The Labute approximate surface area is 90.6 Å². The second-order valence-corrected chi connectivity index (χ2v) is 4.34. The van der Waals surface area contributed by atoms with E-state index >= 15 is 0 Å². The maximum absolute atomic E-state index is 11.0. The summed E-state index contributed by atoms with van der Waals surface area (Å²) in [7, 11) is 0. The summed E-state index contributed by atoms with van der Waals surface area (Å²) in [5.41, 5.74) is 5.25. The van der Waals surface area contributed by atoms with Crippen LogP contribution in [0.2, 0.25) is 0 Å². The maximum atomic E-state index is 11.0. The number of urea groups is 1. The Kier molecular flexibility index (Phi) is 3.43. The lowest BCUT2D eigenvalue weighted by atomic mass is 10.0. The van der Waals surface area contributed by atoms with Crippen molar-refractivity contribution in [2.24, 2.45) is 5.73 Å². The molecule has 86 valence electrons. The zero-order valence-electron chi connectivity index (χ0n) is 9.11. The van der Waals surface area contributed by atoms with Crippen molar-refractivity contribution in [3.8, 4) is 0 Å². The van der Waals surface area contributed by atoms with Crippen LogP contribution in [0.5, 0.6) is 0 Å². The van der Waals surface area contributed by atoms with E-state index in [2.05, 4.69) is 10.2 Å². The zero-order valence-corrected chi connectivity index (χ0v) is 9.11. The monoisotopic (exact) mass is 212 g/mol. The molecule has 2 aliphatic heterocycles. The third-order valence-electron chi connectivity index (χ3n) is 3.45.